The van der Waals surface area contributed by atoms with Crippen LogP contribution in [0.15, 0.2) is 54.6 Å². The Morgan fingerprint density at radius 2 is 1.72 bits per heavy atom. The van der Waals surface area contributed by atoms with Crippen molar-refractivity contribution in [2.24, 2.45) is 0 Å². The minimum absolute atomic E-state index is 0.111. The Hall–Kier alpha value is -2.82. The van der Waals surface area contributed by atoms with Gasteiger partial charge in [-0.25, -0.2) is 4.79 Å². The predicted octanol–water partition coefficient (Wildman–Crippen LogP) is 4.73. The summed E-state index contributed by atoms with van der Waals surface area (Å²) in [5.41, 5.74) is 2.56. The number of piperidine rings is 1. The van der Waals surface area contributed by atoms with E-state index >= 15 is 0 Å². The molecule has 0 radical (unpaired) electrons. The molecule has 29 heavy (non-hydrogen) atoms. The minimum atomic E-state index is -0.503. The Balaban J connectivity index is 1.54. The van der Waals surface area contributed by atoms with Gasteiger partial charge in [0.25, 0.3) is 5.91 Å². The van der Waals surface area contributed by atoms with Crippen LogP contribution in [0.3, 0.4) is 0 Å². The third-order valence-electron chi connectivity index (χ3n) is 5.06. The van der Waals surface area contributed by atoms with Crippen LogP contribution in [-0.2, 0) is 11.3 Å². The minimum Gasteiger partial charge on any atom is -0.444 e. The van der Waals surface area contributed by atoms with Gasteiger partial charge >= 0.3 is 6.09 Å². The molecule has 0 saturated carbocycles. The van der Waals surface area contributed by atoms with E-state index < -0.39 is 11.7 Å². The molecule has 1 N–H and O–H groups in total. The maximum Gasteiger partial charge on any atom is 0.407 e. The van der Waals surface area contributed by atoms with Crippen molar-refractivity contribution in [3.63, 3.8) is 0 Å². The average Bonchev–Trinajstić information content (AvgIpc) is 2.71. The second-order valence-electron chi connectivity index (χ2n) is 8.53. The van der Waals surface area contributed by atoms with Gasteiger partial charge in [0, 0.05) is 25.2 Å². The first kappa shape index (κ1) is 20.9. The van der Waals surface area contributed by atoms with Crippen molar-refractivity contribution in [3.8, 4) is 0 Å². The highest BCUT2D eigenvalue weighted by Crippen LogP contribution is 2.29. The molecule has 5 heteroatoms. The summed E-state index contributed by atoms with van der Waals surface area (Å²) in [4.78, 5) is 26.4. The molecule has 1 fully saturated rings. The van der Waals surface area contributed by atoms with Crippen molar-refractivity contribution in [3.05, 3.63) is 71.3 Å². The van der Waals surface area contributed by atoms with Gasteiger partial charge in [-0.15, -0.1) is 0 Å². The third kappa shape index (κ3) is 6.08. The molecule has 0 bridgehead atoms. The topological polar surface area (TPSA) is 58.6 Å². The van der Waals surface area contributed by atoms with E-state index in [9.17, 15) is 9.59 Å². The fourth-order valence-electron chi connectivity index (χ4n) is 3.62. The molecular formula is C24H30N2O3. The molecule has 0 unspecified atom stereocenters. The van der Waals surface area contributed by atoms with Gasteiger partial charge < -0.3 is 15.0 Å². The van der Waals surface area contributed by atoms with Gasteiger partial charge in [-0.05, 0) is 62.8 Å². The van der Waals surface area contributed by atoms with Crippen molar-refractivity contribution >= 4 is 12.0 Å². The highest BCUT2D eigenvalue weighted by molar-refractivity contribution is 5.94. The molecule has 2 aromatic carbocycles. The van der Waals surface area contributed by atoms with Crippen molar-refractivity contribution < 1.29 is 14.3 Å². The van der Waals surface area contributed by atoms with Crippen molar-refractivity contribution in [2.45, 2.75) is 51.7 Å². The quantitative estimate of drug-likeness (QED) is 0.815. The molecule has 3 rings (SSSR count). The lowest BCUT2D eigenvalue weighted by Crippen LogP contribution is -2.37. The van der Waals surface area contributed by atoms with Crippen molar-refractivity contribution in [1.29, 1.82) is 0 Å². The number of carbonyl (C=O) groups excluding carboxylic acids is 2. The lowest BCUT2D eigenvalue weighted by molar-refractivity contribution is 0.0523. The number of nitrogens with one attached hydrogen (secondary N) is 1. The number of rotatable bonds is 4. The molecule has 1 saturated heterocycles. The first-order valence-corrected chi connectivity index (χ1v) is 10.2. The monoisotopic (exact) mass is 394 g/mol. The SMILES string of the molecule is CC(C)(C)OC(=O)NCc1cccc(C2CCN(C(=O)c3ccccc3)CC2)c1. The number of amides is 2. The highest BCUT2D eigenvalue weighted by Gasteiger charge is 2.24. The van der Waals surface area contributed by atoms with Gasteiger partial charge in [0.15, 0.2) is 0 Å². The second kappa shape index (κ2) is 9.12. The molecule has 2 aromatic rings. The normalized spacial score (nSPS) is 15.1. The van der Waals surface area contributed by atoms with Crippen LogP contribution in [0.1, 0.15) is 61.0 Å². The Kier molecular flexibility index (Phi) is 6.57. The van der Waals surface area contributed by atoms with Gasteiger partial charge in [-0.1, -0.05) is 42.5 Å². The highest BCUT2D eigenvalue weighted by atomic mass is 16.6. The van der Waals surface area contributed by atoms with Crippen LogP contribution in [-0.4, -0.2) is 35.6 Å². The van der Waals surface area contributed by atoms with Crippen molar-refractivity contribution in [2.75, 3.05) is 13.1 Å². The standard InChI is InChI=1S/C24H30N2O3/c1-24(2,3)29-23(28)25-17-18-8-7-11-21(16-18)19-12-14-26(15-13-19)22(27)20-9-5-4-6-10-20/h4-11,16,19H,12-15,17H2,1-3H3,(H,25,28). The van der Waals surface area contributed by atoms with Crippen LogP contribution >= 0.6 is 0 Å². The van der Waals surface area contributed by atoms with E-state index in [2.05, 4.69) is 17.4 Å². The van der Waals surface area contributed by atoms with E-state index in [4.69, 9.17) is 4.74 Å². The molecule has 0 atom stereocenters. The summed E-state index contributed by atoms with van der Waals surface area (Å²) in [6.45, 7) is 7.51. The summed E-state index contributed by atoms with van der Waals surface area (Å²) in [6.07, 6.45) is 1.49. The summed E-state index contributed by atoms with van der Waals surface area (Å²) in [5.74, 6) is 0.538. The van der Waals surface area contributed by atoms with Crippen LogP contribution < -0.4 is 5.32 Å². The van der Waals surface area contributed by atoms with Crippen molar-refractivity contribution in [1.82, 2.24) is 10.2 Å². The number of hydrogen-bond donors (Lipinski definition) is 1. The Morgan fingerprint density at radius 1 is 1.03 bits per heavy atom. The third-order valence-corrected chi connectivity index (χ3v) is 5.06. The van der Waals surface area contributed by atoms with Crippen LogP contribution in [0.25, 0.3) is 0 Å². The first-order chi connectivity index (χ1) is 13.8. The smallest absolute Gasteiger partial charge is 0.407 e. The van der Waals surface area contributed by atoms with Gasteiger partial charge in [-0.2, -0.15) is 0 Å². The zero-order valence-electron chi connectivity index (χ0n) is 17.5. The molecule has 2 amide bonds. The average molecular weight is 395 g/mol. The van der Waals surface area contributed by atoms with E-state index in [1.165, 1.54) is 5.56 Å². The van der Waals surface area contributed by atoms with Crippen LogP contribution in [0.5, 0.6) is 0 Å². The van der Waals surface area contributed by atoms with Gasteiger partial charge in [0.1, 0.15) is 5.60 Å². The van der Waals surface area contributed by atoms with Crippen LogP contribution in [0.2, 0.25) is 0 Å². The van der Waals surface area contributed by atoms with Gasteiger partial charge in [0.05, 0.1) is 0 Å². The Morgan fingerprint density at radius 3 is 2.38 bits per heavy atom. The molecular weight excluding hydrogens is 364 g/mol. The zero-order chi connectivity index (χ0) is 20.9. The fourth-order valence-corrected chi connectivity index (χ4v) is 3.62. The zero-order valence-corrected chi connectivity index (χ0v) is 17.5. The van der Waals surface area contributed by atoms with E-state index in [0.717, 1.165) is 37.1 Å². The number of carbonyl (C=O) groups is 2. The predicted molar refractivity (Wildman–Crippen MR) is 114 cm³/mol. The number of benzene rings is 2. The number of ether oxygens (including phenoxy) is 1. The number of likely N-dealkylation sites (tertiary alicyclic amines) is 1. The Labute approximate surface area is 173 Å². The first-order valence-electron chi connectivity index (χ1n) is 10.2. The molecule has 0 aliphatic carbocycles. The summed E-state index contributed by atoms with van der Waals surface area (Å²) >= 11 is 0. The Bertz CT molecular complexity index is 835. The lowest BCUT2D eigenvalue weighted by atomic mass is 9.88. The van der Waals surface area contributed by atoms with E-state index in [0.29, 0.717) is 12.5 Å². The van der Waals surface area contributed by atoms with Gasteiger partial charge in [0.2, 0.25) is 0 Å². The molecule has 154 valence electrons. The van der Waals surface area contributed by atoms with Gasteiger partial charge in [-0.3, -0.25) is 4.79 Å². The van der Waals surface area contributed by atoms with Crippen LogP contribution in [0, 0.1) is 0 Å². The maximum atomic E-state index is 12.6. The number of alkyl carbamates (subject to hydrolysis) is 1. The van der Waals surface area contributed by atoms with E-state index in [1.54, 1.807) is 0 Å². The molecule has 1 aliphatic heterocycles. The number of hydrogen-bond acceptors (Lipinski definition) is 3. The maximum absolute atomic E-state index is 12.6. The summed E-state index contributed by atoms with van der Waals surface area (Å²) in [7, 11) is 0. The molecule has 1 aliphatic rings. The lowest BCUT2D eigenvalue weighted by Gasteiger charge is -2.32. The molecule has 1 heterocycles. The fraction of sp³-hybridized carbons (Fsp3) is 0.417. The largest absolute Gasteiger partial charge is 0.444 e. The molecule has 5 nitrogen and oxygen atoms in total. The number of nitrogens with zero attached hydrogens (tertiary/aromatic N) is 1. The van der Waals surface area contributed by atoms with E-state index in [-0.39, 0.29) is 5.91 Å². The summed E-state index contributed by atoms with van der Waals surface area (Å²) < 4.78 is 5.29. The molecule has 0 spiro atoms. The summed E-state index contributed by atoms with van der Waals surface area (Å²) in [6, 6.07) is 17.8. The molecule has 0 aromatic heterocycles. The van der Waals surface area contributed by atoms with Crippen LogP contribution in [0.4, 0.5) is 4.79 Å². The second-order valence-corrected chi connectivity index (χ2v) is 8.53. The van der Waals surface area contributed by atoms with E-state index in [1.807, 2.05) is 68.1 Å². The summed E-state index contributed by atoms with van der Waals surface area (Å²) in [5, 5.41) is 2.81.